The highest BCUT2D eigenvalue weighted by molar-refractivity contribution is 7.99. The highest BCUT2D eigenvalue weighted by atomic mass is 32.2. The lowest BCUT2D eigenvalue weighted by Crippen LogP contribution is -2.20. The summed E-state index contributed by atoms with van der Waals surface area (Å²) in [5.41, 5.74) is 1.04. The predicted molar refractivity (Wildman–Crippen MR) is 105 cm³/mol. The molecular formula is C17H15N7O5S. The Morgan fingerprint density at radius 2 is 2.07 bits per heavy atom. The molecule has 0 aliphatic heterocycles. The van der Waals surface area contributed by atoms with Gasteiger partial charge in [0.15, 0.2) is 5.65 Å². The van der Waals surface area contributed by atoms with E-state index in [1.807, 2.05) is 0 Å². The van der Waals surface area contributed by atoms with Crippen LogP contribution in [0.1, 0.15) is 16.1 Å². The number of pyridine rings is 1. The Balaban J connectivity index is 1.78. The summed E-state index contributed by atoms with van der Waals surface area (Å²) in [7, 11) is 2.57. The number of nitrogens with zero attached hydrogens (tertiary/aromatic N) is 6. The molecule has 0 saturated heterocycles. The fourth-order valence-electron chi connectivity index (χ4n) is 2.88. The van der Waals surface area contributed by atoms with Crippen LogP contribution in [-0.4, -0.2) is 66.3 Å². The van der Waals surface area contributed by atoms with Crippen LogP contribution in [0.4, 0.5) is 0 Å². The maximum absolute atomic E-state index is 13.0. The largest absolute Gasteiger partial charge is 0.468 e. The Kier molecular flexibility index (Phi) is 4.95. The first-order chi connectivity index (χ1) is 14.4. The van der Waals surface area contributed by atoms with Crippen LogP contribution < -0.4 is 5.56 Å². The summed E-state index contributed by atoms with van der Waals surface area (Å²) in [5.74, 6) is -0.739. The SMILES string of the molecule is COC(=O)CSc1n[nH]c(-n2ccc3c(cnc4c(C(=O)OC)c(C)nn43)c2=O)n1. The highest BCUT2D eigenvalue weighted by Crippen LogP contribution is 2.19. The number of fused-ring (bicyclic) bond motifs is 3. The zero-order valence-corrected chi connectivity index (χ0v) is 16.9. The van der Waals surface area contributed by atoms with Gasteiger partial charge in [-0.3, -0.25) is 14.2 Å². The quantitative estimate of drug-likeness (QED) is 0.351. The van der Waals surface area contributed by atoms with Crippen molar-refractivity contribution in [3.05, 3.63) is 40.1 Å². The molecule has 12 nitrogen and oxygen atoms in total. The number of aromatic amines is 1. The molecule has 154 valence electrons. The second-order valence-corrected chi connectivity index (χ2v) is 6.98. The van der Waals surface area contributed by atoms with Crippen molar-refractivity contribution in [2.24, 2.45) is 0 Å². The van der Waals surface area contributed by atoms with Crippen molar-refractivity contribution < 1.29 is 19.1 Å². The number of thioether (sulfide) groups is 1. The molecule has 0 radical (unpaired) electrons. The molecule has 13 heteroatoms. The van der Waals surface area contributed by atoms with E-state index in [4.69, 9.17) is 4.74 Å². The predicted octanol–water partition coefficient (Wildman–Crippen LogP) is 0.512. The van der Waals surface area contributed by atoms with Crippen LogP contribution in [-0.2, 0) is 14.3 Å². The normalized spacial score (nSPS) is 11.2. The molecular weight excluding hydrogens is 414 g/mol. The van der Waals surface area contributed by atoms with Gasteiger partial charge in [0.1, 0.15) is 5.56 Å². The van der Waals surface area contributed by atoms with Crippen molar-refractivity contribution in [2.45, 2.75) is 12.1 Å². The molecule has 30 heavy (non-hydrogen) atoms. The lowest BCUT2D eigenvalue weighted by atomic mass is 10.2. The summed E-state index contributed by atoms with van der Waals surface area (Å²) in [6.45, 7) is 1.66. The summed E-state index contributed by atoms with van der Waals surface area (Å²) in [5, 5.41) is 11.5. The minimum atomic E-state index is -0.554. The number of aromatic nitrogens is 7. The van der Waals surface area contributed by atoms with Crippen LogP contribution in [0.3, 0.4) is 0 Å². The van der Waals surface area contributed by atoms with Crippen molar-refractivity contribution in [3.63, 3.8) is 0 Å². The van der Waals surface area contributed by atoms with E-state index in [1.54, 1.807) is 13.0 Å². The molecule has 0 unspecified atom stereocenters. The first-order valence-corrected chi connectivity index (χ1v) is 9.53. The average molecular weight is 429 g/mol. The number of hydrogen-bond donors (Lipinski definition) is 1. The van der Waals surface area contributed by atoms with E-state index in [-0.39, 0.29) is 22.7 Å². The van der Waals surface area contributed by atoms with E-state index in [0.717, 1.165) is 11.8 Å². The van der Waals surface area contributed by atoms with Crippen LogP contribution in [0.5, 0.6) is 0 Å². The molecule has 0 saturated carbocycles. The van der Waals surface area contributed by atoms with Gasteiger partial charge >= 0.3 is 11.9 Å². The van der Waals surface area contributed by atoms with E-state index in [0.29, 0.717) is 22.0 Å². The standard InChI is InChI=1S/C17H15N7O5S/c1-8-12(15(27)29-3)13-18-6-9-10(24(13)22-8)4-5-23(14(9)26)16-19-17(21-20-16)30-7-11(25)28-2/h4-6H,7H2,1-3H3,(H,19,20,21). The first-order valence-electron chi connectivity index (χ1n) is 8.55. The third-order valence-electron chi connectivity index (χ3n) is 4.30. The number of rotatable bonds is 5. The van der Waals surface area contributed by atoms with E-state index in [2.05, 4.69) is 30.0 Å². The monoisotopic (exact) mass is 429 g/mol. The van der Waals surface area contributed by atoms with E-state index >= 15 is 0 Å². The number of carbonyl (C=O) groups excluding carboxylic acids is 2. The van der Waals surface area contributed by atoms with Gasteiger partial charge in [0.05, 0.1) is 36.6 Å². The Bertz CT molecular complexity index is 1360. The van der Waals surface area contributed by atoms with E-state index in [1.165, 1.54) is 35.7 Å². The molecule has 4 rings (SSSR count). The maximum atomic E-state index is 13.0. The van der Waals surface area contributed by atoms with Crippen LogP contribution in [0, 0.1) is 6.92 Å². The summed E-state index contributed by atoms with van der Waals surface area (Å²) in [6, 6.07) is 1.66. The van der Waals surface area contributed by atoms with Crippen molar-refractivity contribution in [3.8, 4) is 5.95 Å². The Labute approximate surface area is 172 Å². The van der Waals surface area contributed by atoms with Crippen molar-refractivity contribution in [1.29, 1.82) is 0 Å². The third-order valence-corrected chi connectivity index (χ3v) is 5.13. The van der Waals surface area contributed by atoms with Gasteiger partial charge in [0.2, 0.25) is 11.1 Å². The fourth-order valence-corrected chi connectivity index (χ4v) is 3.50. The zero-order chi connectivity index (χ0) is 21.4. The van der Waals surface area contributed by atoms with Gasteiger partial charge in [-0.1, -0.05) is 11.8 Å². The minimum absolute atomic E-state index is 0.0451. The topological polar surface area (TPSA) is 146 Å². The summed E-state index contributed by atoms with van der Waals surface area (Å²) in [6.07, 6.45) is 2.88. The molecule has 4 heterocycles. The Morgan fingerprint density at radius 3 is 2.80 bits per heavy atom. The van der Waals surface area contributed by atoms with Crippen LogP contribution in [0.2, 0.25) is 0 Å². The Morgan fingerprint density at radius 1 is 1.27 bits per heavy atom. The molecule has 0 bridgehead atoms. The third kappa shape index (κ3) is 3.18. The molecule has 0 aromatic carbocycles. The summed E-state index contributed by atoms with van der Waals surface area (Å²) < 4.78 is 12.1. The smallest absolute Gasteiger partial charge is 0.343 e. The van der Waals surface area contributed by atoms with Crippen LogP contribution in [0.15, 0.2) is 28.4 Å². The van der Waals surface area contributed by atoms with Crippen molar-refractivity contribution >= 4 is 40.3 Å². The molecule has 4 aromatic heterocycles. The van der Waals surface area contributed by atoms with Crippen molar-refractivity contribution in [2.75, 3.05) is 20.0 Å². The summed E-state index contributed by atoms with van der Waals surface area (Å²) in [4.78, 5) is 44.7. The Hall–Kier alpha value is -3.74. The maximum Gasteiger partial charge on any atom is 0.343 e. The lowest BCUT2D eigenvalue weighted by Gasteiger charge is -2.05. The van der Waals surface area contributed by atoms with Gasteiger partial charge in [0.25, 0.3) is 5.56 Å². The number of H-pyrrole nitrogens is 1. The fraction of sp³-hybridized carbons (Fsp3) is 0.235. The molecule has 0 fully saturated rings. The van der Waals surface area contributed by atoms with Gasteiger partial charge in [-0.25, -0.2) is 19.4 Å². The molecule has 4 aromatic rings. The van der Waals surface area contributed by atoms with E-state index < -0.39 is 17.5 Å². The lowest BCUT2D eigenvalue weighted by molar-refractivity contribution is -0.137. The molecule has 1 N–H and O–H groups in total. The second-order valence-electron chi connectivity index (χ2n) is 6.04. The van der Waals surface area contributed by atoms with Gasteiger partial charge in [0, 0.05) is 12.4 Å². The number of aryl methyl sites for hydroxylation is 1. The average Bonchev–Trinajstić information content (AvgIpc) is 3.35. The summed E-state index contributed by atoms with van der Waals surface area (Å²) >= 11 is 1.08. The number of methoxy groups -OCH3 is 2. The number of ether oxygens (including phenoxy) is 2. The number of nitrogens with one attached hydrogen (secondary N) is 1. The van der Waals surface area contributed by atoms with E-state index in [9.17, 15) is 14.4 Å². The van der Waals surface area contributed by atoms with Gasteiger partial charge in [-0.05, 0) is 13.0 Å². The van der Waals surface area contributed by atoms with Gasteiger partial charge in [-0.2, -0.15) is 10.1 Å². The van der Waals surface area contributed by atoms with Gasteiger partial charge < -0.3 is 9.47 Å². The van der Waals surface area contributed by atoms with Crippen molar-refractivity contribution in [1.82, 2.24) is 34.3 Å². The molecule has 0 aliphatic carbocycles. The highest BCUT2D eigenvalue weighted by Gasteiger charge is 2.21. The molecule has 0 atom stereocenters. The number of esters is 2. The van der Waals surface area contributed by atoms with Crippen LogP contribution >= 0.6 is 11.8 Å². The number of hydrogen-bond acceptors (Lipinski definition) is 10. The second kappa shape index (κ2) is 7.59. The first kappa shape index (κ1) is 19.6. The zero-order valence-electron chi connectivity index (χ0n) is 16.1. The molecule has 0 aliphatic rings. The molecule has 0 spiro atoms. The minimum Gasteiger partial charge on any atom is -0.468 e. The van der Waals surface area contributed by atoms with Gasteiger partial charge in [-0.15, -0.1) is 5.10 Å². The number of carbonyl (C=O) groups is 2. The van der Waals surface area contributed by atoms with Crippen LogP contribution in [0.25, 0.3) is 22.5 Å². The molecule has 0 amide bonds.